The Labute approximate surface area is 174 Å². The predicted octanol–water partition coefficient (Wildman–Crippen LogP) is 5.49. The fourth-order valence-corrected chi connectivity index (χ4v) is 4.13. The highest BCUT2D eigenvalue weighted by molar-refractivity contribution is 6.08. The maximum atomic E-state index is 12.8. The summed E-state index contributed by atoms with van der Waals surface area (Å²) < 4.78 is 17.4. The van der Waals surface area contributed by atoms with Gasteiger partial charge in [0.2, 0.25) is 0 Å². The van der Waals surface area contributed by atoms with E-state index in [9.17, 15) is 4.79 Å². The normalized spacial score (nSPS) is 13.9. The predicted molar refractivity (Wildman–Crippen MR) is 117 cm³/mol. The van der Waals surface area contributed by atoms with Crippen LogP contribution in [0.1, 0.15) is 24.5 Å². The lowest BCUT2D eigenvalue weighted by Crippen LogP contribution is -2.30. The Kier molecular flexibility index (Phi) is 4.58. The Morgan fingerprint density at radius 3 is 2.70 bits per heavy atom. The molecule has 3 aromatic carbocycles. The third-order valence-corrected chi connectivity index (χ3v) is 5.71. The molecule has 1 heterocycles. The average Bonchev–Trinajstić information content (AvgIpc) is 3.36. The van der Waals surface area contributed by atoms with Crippen molar-refractivity contribution in [1.82, 2.24) is 0 Å². The van der Waals surface area contributed by atoms with E-state index >= 15 is 0 Å². The largest absolute Gasteiger partial charge is 0.495 e. The van der Waals surface area contributed by atoms with Crippen LogP contribution in [-0.2, 0) is 17.6 Å². The van der Waals surface area contributed by atoms with E-state index in [1.807, 2.05) is 42.5 Å². The molecule has 152 valence electrons. The lowest BCUT2D eigenvalue weighted by atomic mass is 10.1. The molecular formula is C25H23NO4. The van der Waals surface area contributed by atoms with Gasteiger partial charge in [0.05, 0.1) is 12.8 Å². The average molecular weight is 401 g/mol. The summed E-state index contributed by atoms with van der Waals surface area (Å²) in [4.78, 5) is 12.8. The second-order valence-corrected chi connectivity index (χ2v) is 7.68. The number of hydrogen-bond donors (Lipinski definition) is 1. The topological polar surface area (TPSA) is 60.7 Å². The number of anilines is 1. The Balaban J connectivity index is 1.38. The highest BCUT2D eigenvalue weighted by atomic mass is 16.5. The second-order valence-electron chi connectivity index (χ2n) is 7.68. The van der Waals surface area contributed by atoms with Crippen LogP contribution in [-0.4, -0.2) is 19.1 Å². The van der Waals surface area contributed by atoms with Gasteiger partial charge in [0.15, 0.2) is 6.10 Å². The number of amides is 1. The van der Waals surface area contributed by atoms with Crippen LogP contribution in [0.2, 0.25) is 0 Å². The highest BCUT2D eigenvalue weighted by Crippen LogP contribution is 2.36. The quantitative estimate of drug-likeness (QED) is 0.480. The van der Waals surface area contributed by atoms with Gasteiger partial charge in [0.1, 0.15) is 22.7 Å². The van der Waals surface area contributed by atoms with E-state index < -0.39 is 6.10 Å². The number of methoxy groups -OCH3 is 1. The summed E-state index contributed by atoms with van der Waals surface area (Å²) in [6.07, 6.45) is 2.72. The molecule has 5 heteroatoms. The van der Waals surface area contributed by atoms with Gasteiger partial charge in [-0.05, 0) is 61.6 Å². The first-order valence-electron chi connectivity index (χ1n) is 10.2. The molecule has 0 aliphatic heterocycles. The van der Waals surface area contributed by atoms with Gasteiger partial charge in [-0.2, -0.15) is 0 Å². The summed E-state index contributed by atoms with van der Waals surface area (Å²) in [5.74, 6) is 1.05. The minimum absolute atomic E-state index is 0.246. The summed E-state index contributed by atoms with van der Waals surface area (Å²) >= 11 is 0. The number of rotatable bonds is 5. The third kappa shape index (κ3) is 3.26. The van der Waals surface area contributed by atoms with Gasteiger partial charge in [0.25, 0.3) is 5.91 Å². The molecule has 5 rings (SSSR count). The van der Waals surface area contributed by atoms with Gasteiger partial charge < -0.3 is 19.2 Å². The Hall–Kier alpha value is -3.47. The molecule has 1 atom stereocenters. The van der Waals surface area contributed by atoms with Gasteiger partial charge in [-0.1, -0.05) is 24.3 Å². The van der Waals surface area contributed by atoms with Crippen molar-refractivity contribution in [2.24, 2.45) is 0 Å². The second kappa shape index (κ2) is 7.41. The molecule has 0 fully saturated rings. The van der Waals surface area contributed by atoms with E-state index in [1.165, 1.54) is 17.5 Å². The zero-order valence-electron chi connectivity index (χ0n) is 17.0. The van der Waals surface area contributed by atoms with E-state index in [2.05, 4.69) is 11.4 Å². The molecule has 0 bridgehead atoms. The van der Waals surface area contributed by atoms with Crippen LogP contribution < -0.4 is 14.8 Å². The molecule has 1 N–H and O–H groups in total. The number of hydrogen-bond acceptors (Lipinski definition) is 4. The van der Waals surface area contributed by atoms with Crippen LogP contribution in [0.15, 0.2) is 59.0 Å². The van der Waals surface area contributed by atoms with Crippen LogP contribution in [0.25, 0.3) is 21.9 Å². The number of furan rings is 1. The molecule has 4 aromatic rings. The number of carbonyl (C=O) groups excluding carboxylic acids is 1. The van der Waals surface area contributed by atoms with Gasteiger partial charge in [-0.15, -0.1) is 0 Å². The highest BCUT2D eigenvalue weighted by Gasteiger charge is 2.20. The molecule has 1 aromatic heterocycles. The number of aryl methyl sites for hydroxylation is 2. The number of benzene rings is 3. The SMILES string of the molecule is COc1cc2c(cc1NC(=O)C(C)Oc1ccc3c(c1)CCC3)oc1ccccc12. The van der Waals surface area contributed by atoms with Crippen molar-refractivity contribution >= 4 is 33.5 Å². The first-order valence-corrected chi connectivity index (χ1v) is 10.2. The van der Waals surface area contributed by atoms with Gasteiger partial charge in [-0.25, -0.2) is 0 Å². The molecule has 1 aliphatic carbocycles. The van der Waals surface area contributed by atoms with E-state index in [1.54, 1.807) is 20.1 Å². The smallest absolute Gasteiger partial charge is 0.265 e. The van der Waals surface area contributed by atoms with Crippen molar-refractivity contribution in [3.63, 3.8) is 0 Å². The number of nitrogens with one attached hydrogen (secondary N) is 1. The fraction of sp³-hybridized carbons (Fsp3) is 0.240. The first kappa shape index (κ1) is 18.6. The Bertz CT molecular complexity index is 1260. The third-order valence-electron chi connectivity index (χ3n) is 5.71. The summed E-state index contributed by atoms with van der Waals surface area (Å²) in [7, 11) is 1.59. The first-order chi connectivity index (χ1) is 14.6. The van der Waals surface area contributed by atoms with E-state index in [4.69, 9.17) is 13.9 Å². The molecular weight excluding hydrogens is 378 g/mol. The monoisotopic (exact) mass is 401 g/mol. The fourth-order valence-electron chi connectivity index (χ4n) is 4.13. The molecule has 30 heavy (non-hydrogen) atoms. The molecule has 0 spiro atoms. The maximum Gasteiger partial charge on any atom is 0.265 e. The van der Waals surface area contributed by atoms with Crippen LogP contribution in [0.5, 0.6) is 11.5 Å². The minimum Gasteiger partial charge on any atom is -0.495 e. The van der Waals surface area contributed by atoms with Crippen LogP contribution in [0, 0.1) is 0 Å². The molecule has 0 saturated heterocycles. The summed E-state index contributed by atoms with van der Waals surface area (Å²) in [5, 5.41) is 4.88. The molecule has 5 nitrogen and oxygen atoms in total. The number of ether oxygens (including phenoxy) is 2. The van der Waals surface area contributed by atoms with Crippen LogP contribution >= 0.6 is 0 Å². The zero-order chi connectivity index (χ0) is 20.7. The number of fused-ring (bicyclic) bond motifs is 4. The van der Waals surface area contributed by atoms with Gasteiger partial charge in [0, 0.05) is 16.8 Å². The van der Waals surface area contributed by atoms with E-state index in [0.717, 1.165) is 34.9 Å². The van der Waals surface area contributed by atoms with Crippen molar-refractivity contribution in [1.29, 1.82) is 0 Å². The summed E-state index contributed by atoms with van der Waals surface area (Å²) in [6, 6.07) is 17.6. The standard InChI is InChI=1S/C25H23NO4/c1-15(29-18-11-10-16-6-5-7-17(16)12-18)25(27)26-21-14-23-20(13-24(21)28-2)19-8-3-4-9-22(19)30-23/h3-4,8-15H,5-7H2,1-2H3,(H,26,27). The molecule has 0 saturated carbocycles. The minimum atomic E-state index is -0.652. The number of para-hydroxylation sites is 1. The number of carbonyl (C=O) groups is 1. The van der Waals surface area contributed by atoms with E-state index in [-0.39, 0.29) is 5.91 Å². The lowest BCUT2D eigenvalue weighted by Gasteiger charge is -2.17. The van der Waals surface area contributed by atoms with Crippen molar-refractivity contribution in [3.05, 3.63) is 65.7 Å². The maximum absolute atomic E-state index is 12.8. The Morgan fingerprint density at radius 2 is 1.83 bits per heavy atom. The Morgan fingerprint density at radius 1 is 1.00 bits per heavy atom. The summed E-state index contributed by atoms with van der Waals surface area (Å²) in [5.41, 5.74) is 4.74. The van der Waals surface area contributed by atoms with Crippen molar-refractivity contribution in [3.8, 4) is 11.5 Å². The van der Waals surface area contributed by atoms with Gasteiger partial charge >= 0.3 is 0 Å². The van der Waals surface area contributed by atoms with Gasteiger partial charge in [-0.3, -0.25) is 4.79 Å². The molecule has 0 radical (unpaired) electrons. The molecule has 1 aliphatic rings. The van der Waals surface area contributed by atoms with Crippen molar-refractivity contribution < 1.29 is 18.7 Å². The zero-order valence-corrected chi connectivity index (χ0v) is 17.0. The van der Waals surface area contributed by atoms with Crippen LogP contribution in [0.3, 0.4) is 0 Å². The van der Waals surface area contributed by atoms with Crippen molar-refractivity contribution in [2.45, 2.75) is 32.3 Å². The molecule has 1 amide bonds. The van der Waals surface area contributed by atoms with E-state index in [0.29, 0.717) is 17.0 Å². The van der Waals surface area contributed by atoms with Crippen molar-refractivity contribution in [2.75, 3.05) is 12.4 Å². The summed E-state index contributed by atoms with van der Waals surface area (Å²) in [6.45, 7) is 1.74. The lowest BCUT2D eigenvalue weighted by molar-refractivity contribution is -0.122. The molecule has 1 unspecified atom stereocenters. The van der Waals surface area contributed by atoms with Crippen LogP contribution in [0.4, 0.5) is 5.69 Å².